The van der Waals surface area contributed by atoms with Crippen LogP contribution < -0.4 is 0 Å². The minimum atomic E-state index is -3.98. The van der Waals surface area contributed by atoms with Crippen molar-refractivity contribution in [3.63, 3.8) is 0 Å². The van der Waals surface area contributed by atoms with Gasteiger partial charge in [-0.3, -0.25) is 4.57 Å². The Bertz CT molecular complexity index is 159. The largest absolute Gasteiger partial charge is 0.349 e. The Hall–Kier alpha value is 0.180. The average molecular weight is 171 g/mol. The number of halogens is 1. The molecule has 0 aromatic rings. The monoisotopic (exact) mass is 170 g/mol. The molecule has 0 spiro atoms. The maximum atomic E-state index is 10.2. The summed E-state index contributed by atoms with van der Waals surface area (Å²) in [5, 5.41) is 0. The van der Waals surface area contributed by atoms with E-state index in [-0.39, 0.29) is 5.88 Å². The highest BCUT2D eigenvalue weighted by Gasteiger charge is 2.06. The molecule has 3 nitrogen and oxygen atoms in total. The lowest BCUT2D eigenvalue weighted by Gasteiger charge is -1.96. The van der Waals surface area contributed by atoms with E-state index in [0.29, 0.717) is 5.57 Å². The van der Waals surface area contributed by atoms with Gasteiger partial charge < -0.3 is 9.79 Å². The lowest BCUT2D eigenvalue weighted by atomic mass is 10.4. The zero-order valence-corrected chi connectivity index (χ0v) is 6.56. The Kier molecular flexibility index (Phi) is 3.44. The van der Waals surface area contributed by atoms with Crippen molar-refractivity contribution in [2.75, 3.05) is 5.88 Å². The van der Waals surface area contributed by atoms with Gasteiger partial charge in [-0.05, 0) is 6.92 Å². The number of rotatable bonds is 2. The fourth-order valence-electron chi connectivity index (χ4n) is 0.322. The molecule has 5 heteroatoms. The van der Waals surface area contributed by atoms with E-state index in [9.17, 15) is 4.57 Å². The minimum absolute atomic E-state index is 0.158. The van der Waals surface area contributed by atoms with E-state index >= 15 is 0 Å². The van der Waals surface area contributed by atoms with Crippen LogP contribution >= 0.6 is 19.2 Å². The first-order valence-electron chi connectivity index (χ1n) is 2.25. The molecule has 0 bridgehead atoms. The van der Waals surface area contributed by atoms with Crippen LogP contribution in [0, 0.1) is 0 Å². The zero-order chi connectivity index (χ0) is 7.49. The molecular weight excluding hydrogens is 162 g/mol. The van der Waals surface area contributed by atoms with Gasteiger partial charge in [0.25, 0.3) is 0 Å². The topological polar surface area (TPSA) is 57.5 Å². The first-order chi connectivity index (χ1) is 3.95. The Morgan fingerprint density at radius 3 is 2.33 bits per heavy atom. The molecule has 0 atom stereocenters. The van der Waals surface area contributed by atoms with Crippen LogP contribution in [-0.2, 0) is 4.57 Å². The molecule has 9 heavy (non-hydrogen) atoms. The van der Waals surface area contributed by atoms with Crippen molar-refractivity contribution in [3.05, 3.63) is 11.4 Å². The van der Waals surface area contributed by atoms with Gasteiger partial charge in [-0.2, -0.15) is 0 Å². The van der Waals surface area contributed by atoms with Gasteiger partial charge in [-0.25, -0.2) is 0 Å². The van der Waals surface area contributed by atoms with Gasteiger partial charge in [-0.15, -0.1) is 11.6 Å². The maximum Gasteiger partial charge on any atom is 0.349 e. The van der Waals surface area contributed by atoms with E-state index in [1.165, 1.54) is 0 Å². The molecule has 0 saturated heterocycles. The smallest absolute Gasteiger partial charge is 0.321 e. The zero-order valence-electron chi connectivity index (χ0n) is 4.91. The molecule has 0 saturated carbocycles. The maximum absolute atomic E-state index is 10.2. The molecule has 0 rings (SSSR count). The molecular formula is C4H8ClO3P. The van der Waals surface area contributed by atoms with Crippen LogP contribution in [0.2, 0.25) is 0 Å². The highest BCUT2D eigenvalue weighted by Crippen LogP contribution is 2.37. The fraction of sp³-hybridized carbons (Fsp3) is 0.500. The second-order valence-corrected chi connectivity index (χ2v) is 3.40. The summed E-state index contributed by atoms with van der Waals surface area (Å²) in [5.41, 5.74) is 0.491. The predicted molar refractivity (Wildman–Crippen MR) is 36.5 cm³/mol. The van der Waals surface area contributed by atoms with Gasteiger partial charge in [0, 0.05) is 11.7 Å². The first kappa shape index (κ1) is 9.18. The SMILES string of the molecule is CC(=CP(=O)(O)O)CCl. The van der Waals surface area contributed by atoms with E-state index in [0.717, 1.165) is 5.82 Å². The summed E-state index contributed by atoms with van der Waals surface area (Å²) in [7, 11) is -3.98. The van der Waals surface area contributed by atoms with Crippen molar-refractivity contribution in [2.45, 2.75) is 6.92 Å². The standard InChI is InChI=1S/C4H8ClO3P/c1-4(2-5)3-9(6,7)8/h3H,2H2,1H3,(H2,6,7,8). The van der Waals surface area contributed by atoms with Crippen LogP contribution in [0.5, 0.6) is 0 Å². The molecule has 0 aliphatic carbocycles. The van der Waals surface area contributed by atoms with Gasteiger partial charge in [0.2, 0.25) is 0 Å². The normalized spacial score (nSPS) is 14.0. The van der Waals surface area contributed by atoms with Crippen LogP contribution in [0.25, 0.3) is 0 Å². The third-order valence-corrected chi connectivity index (χ3v) is 1.80. The van der Waals surface area contributed by atoms with E-state index < -0.39 is 7.60 Å². The van der Waals surface area contributed by atoms with Gasteiger partial charge >= 0.3 is 7.60 Å². The molecule has 0 heterocycles. The molecule has 0 unspecified atom stereocenters. The van der Waals surface area contributed by atoms with Gasteiger partial charge in [0.05, 0.1) is 0 Å². The summed E-state index contributed by atoms with van der Waals surface area (Å²) in [6, 6.07) is 0. The van der Waals surface area contributed by atoms with E-state index in [1.807, 2.05) is 0 Å². The van der Waals surface area contributed by atoms with Crippen molar-refractivity contribution in [2.24, 2.45) is 0 Å². The van der Waals surface area contributed by atoms with Gasteiger partial charge in [-0.1, -0.05) is 5.57 Å². The summed E-state index contributed by atoms with van der Waals surface area (Å²) in [4.78, 5) is 16.6. The summed E-state index contributed by atoms with van der Waals surface area (Å²) in [6.45, 7) is 1.56. The summed E-state index contributed by atoms with van der Waals surface area (Å²) in [6.07, 6.45) is 0. The van der Waals surface area contributed by atoms with Crippen LogP contribution in [0.3, 0.4) is 0 Å². The minimum Gasteiger partial charge on any atom is -0.321 e. The Morgan fingerprint density at radius 1 is 1.78 bits per heavy atom. The van der Waals surface area contributed by atoms with Crippen molar-refractivity contribution in [1.82, 2.24) is 0 Å². The predicted octanol–water partition coefficient (Wildman–Crippen LogP) is 1.31. The van der Waals surface area contributed by atoms with Crippen LogP contribution in [0.1, 0.15) is 6.92 Å². The highest BCUT2D eigenvalue weighted by molar-refractivity contribution is 7.55. The fourth-order valence-corrected chi connectivity index (χ4v) is 1.17. The van der Waals surface area contributed by atoms with E-state index in [1.54, 1.807) is 6.92 Å². The lowest BCUT2D eigenvalue weighted by molar-refractivity contribution is 0.386. The van der Waals surface area contributed by atoms with Crippen LogP contribution in [0.4, 0.5) is 0 Å². The van der Waals surface area contributed by atoms with Crippen LogP contribution in [0.15, 0.2) is 11.4 Å². The van der Waals surface area contributed by atoms with Gasteiger partial charge in [0.15, 0.2) is 0 Å². The second-order valence-electron chi connectivity index (χ2n) is 1.70. The Labute approximate surface area is 58.5 Å². The highest BCUT2D eigenvalue weighted by atomic mass is 35.5. The number of hydrogen-bond donors (Lipinski definition) is 2. The Balaban J connectivity index is 4.13. The molecule has 0 aliphatic heterocycles. The molecule has 0 aromatic heterocycles. The summed E-state index contributed by atoms with van der Waals surface area (Å²) in [5.74, 6) is 1.02. The van der Waals surface area contributed by atoms with Crippen LogP contribution in [-0.4, -0.2) is 15.7 Å². The first-order valence-corrected chi connectivity index (χ1v) is 4.47. The second kappa shape index (κ2) is 3.37. The lowest BCUT2D eigenvalue weighted by Crippen LogP contribution is -1.77. The molecule has 0 fully saturated rings. The molecule has 2 N–H and O–H groups in total. The molecule has 0 radical (unpaired) electrons. The summed E-state index contributed by atoms with van der Waals surface area (Å²) < 4.78 is 10.2. The third-order valence-electron chi connectivity index (χ3n) is 0.599. The number of allylic oxidation sites excluding steroid dienone is 1. The number of hydrogen-bond acceptors (Lipinski definition) is 1. The third kappa shape index (κ3) is 6.06. The summed E-state index contributed by atoms with van der Waals surface area (Å²) >= 11 is 5.25. The number of alkyl halides is 1. The Morgan fingerprint density at radius 2 is 2.22 bits per heavy atom. The van der Waals surface area contributed by atoms with Crippen molar-refractivity contribution in [3.8, 4) is 0 Å². The van der Waals surface area contributed by atoms with E-state index in [4.69, 9.17) is 21.4 Å². The quantitative estimate of drug-likeness (QED) is 0.485. The van der Waals surface area contributed by atoms with Crippen molar-refractivity contribution in [1.29, 1.82) is 0 Å². The van der Waals surface area contributed by atoms with Crippen molar-refractivity contribution < 1.29 is 14.4 Å². The molecule has 0 aromatic carbocycles. The average Bonchev–Trinajstić information content (AvgIpc) is 1.62. The molecule has 0 aliphatic rings. The molecule has 54 valence electrons. The van der Waals surface area contributed by atoms with E-state index in [2.05, 4.69) is 0 Å². The molecule has 0 amide bonds. The van der Waals surface area contributed by atoms with Crippen molar-refractivity contribution >= 4 is 19.2 Å². The van der Waals surface area contributed by atoms with Gasteiger partial charge in [0.1, 0.15) is 0 Å².